The molecule has 2 aromatic heterocycles. The monoisotopic (exact) mass is 329 g/mol. The molecular weight excluding hydrogens is 315 g/mol. The SMILES string of the molecule is FC(F)(F)c1ccnc(NCc2nnc(C3CCCOC3)o2)n1. The highest BCUT2D eigenvalue weighted by molar-refractivity contribution is 5.26. The number of hydrogen-bond acceptors (Lipinski definition) is 7. The van der Waals surface area contributed by atoms with Crippen LogP contribution in [-0.4, -0.2) is 33.4 Å². The van der Waals surface area contributed by atoms with Gasteiger partial charge >= 0.3 is 6.18 Å². The van der Waals surface area contributed by atoms with Crippen LogP contribution in [0.1, 0.15) is 36.2 Å². The summed E-state index contributed by atoms with van der Waals surface area (Å²) < 4.78 is 48.6. The molecule has 1 saturated heterocycles. The van der Waals surface area contributed by atoms with Gasteiger partial charge < -0.3 is 14.5 Å². The highest BCUT2D eigenvalue weighted by atomic mass is 19.4. The van der Waals surface area contributed by atoms with Gasteiger partial charge in [0.2, 0.25) is 17.7 Å². The van der Waals surface area contributed by atoms with Crippen molar-refractivity contribution in [2.45, 2.75) is 31.5 Å². The summed E-state index contributed by atoms with van der Waals surface area (Å²) >= 11 is 0. The minimum atomic E-state index is -4.52. The van der Waals surface area contributed by atoms with E-state index in [2.05, 4.69) is 25.5 Å². The van der Waals surface area contributed by atoms with Crippen LogP contribution in [0.25, 0.3) is 0 Å². The first-order valence-electron chi connectivity index (χ1n) is 7.06. The molecule has 7 nitrogen and oxygen atoms in total. The topological polar surface area (TPSA) is 86.0 Å². The Morgan fingerprint density at radius 2 is 2.17 bits per heavy atom. The van der Waals surface area contributed by atoms with E-state index in [9.17, 15) is 13.2 Å². The van der Waals surface area contributed by atoms with Gasteiger partial charge in [0.25, 0.3) is 0 Å². The van der Waals surface area contributed by atoms with Crippen LogP contribution < -0.4 is 5.32 Å². The molecule has 1 N–H and O–H groups in total. The molecule has 0 amide bonds. The van der Waals surface area contributed by atoms with Gasteiger partial charge in [0.05, 0.1) is 19.1 Å². The molecule has 0 radical (unpaired) electrons. The van der Waals surface area contributed by atoms with Crippen molar-refractivity contribution in [3.05, 3.63) is 29.7 Å². The zero-order valence-electron chi connectivity index (χ0n) is 12.0. The third kappa shape index (κ3) is 3.95. The Bertz CT molecular complexity index is 655. The zero-order valence-corrected chi connectivity index (χ0v) is 12.0. The van der Waals surface area contributed by atoms with Gasteiger partial charge in [-0.15, -0.1) is 10.2 Å². The van der Waals surface area contributed by atoms with E-state index in [0.717, 1.165) is 31.7 Å². The summed E-state index contributed by atoms with van der Waals surface area (Å²) in [5.41, 5.74) is -1.01. The maximum absolute atomic E-state index is 12.6. The van der Waals surface area contributed by atoms with Gasteiger partial charge in [-0.3, -0.25) is 0 Å². The summed E-state index contributed by atoms with van der Waals surface area (Å²) in [6.45, 7) is 1.31. The molecule has 1 fully saturated rings. The van der Waals surface area contributed by atoms with E-state index in [1.54, 1.807) is 0 Å². The van der Waals surface area contributed by atoms with E-state index in [1.165, 1.54) is 0 Å². The molecule has 0 saturated carbocycles. The Labute approximate surface area is 129 Å². The Hall–Kier alpha value is -2.23. The van der Waals surface area contributed by atoms with Gasteiger partial charge in [0, 0.05) is 12.8 Å². The molecule has 10 heteroatoms. The number of rotatable bonds is 4. The highest BCUT2D eigenvalue weighted by Crippen LogP contribution is 2.27. The first-order valence-corrected chi connectivity index (χ1v) is 7.06. The van der Waals surface area contributed by atoms with Crippen molar-refractivity contribution < 1.29 is 22.3 Å². The Morgan fingerprint density at radius 1 is 1.30 bits per heavy atom. The molecule has 0 spiro atoms. The second-order valence-electron chi connectivity index (χ2n) is 5.06. The minimum Gasteiger partial charge on any atom is -0.423 e. The highest BCUT2D eigenvalue weighted by Gasteiger charge is 2.32. The van der Waals surface area contributed by atoms with Crippen LogP contribution in [0.3, 0.4) is 0 Å². The molecule has 2 aromatic rings. The lowest BCUT2D eigenvalue weighted by Gasteiger charge is -2.18. The fraction of sp³-hybridized carbons (Fsp3) is 0.538. The van der Waals surface area contributed by atoms with Crippen LogP contribution in [0.4, 0.5) is 19.1 Å². The van der Waals surface area contributed by atoms with Gasteiger partial charge in [-0.25, -0.2) is 9.97 Å². The summed E-state index contributed by atoms with van der Waals surface area (Å²) in [7, 11) is 0. The number of anilines is 1. The molecule has 0 bridgehead atoms. The Morgan fingerprint density at radius 3 is 2.91 bits per heavy atom. The van der Waals surface area contributed by atoms with Crippen LogP contribution in [0, 0.1) is 0 Å². The van der Waals surface area contributed by atoms with Gasteiger partial charge in [0.15, 0.2) is 0 Å². The van der Waals surface area contributed by atoms with Gasteiger partial charge in [-0.2, -0.15) is 13.2 Å². The molecule has 124 valence electrons. The molecule has 23 heavy (non-hydrogen) atoms. The van der Waals surface area contributed by atoms with Crippen LogP contribution in [0.15, 0.2) is 16.7 Å². The van der Waals surface area contributed by atoms with Crippen molar-refractivity contribution in [2.24, 2.45) is 0 Å². The lowest BCUT2D eigenvalue weighted by atomic mass is 10.0. The van der Waals surface area contributed by atoms with E-state index >= 15 is 0 Å². The lowest BCUT2D eigenvalue weighted by Crippen LogP contribution is -2.15. The Kier molecular flexibility index (Phi) is 4.42. The first-order chi connectivity index (χ1) is 11.0. The Balaban J connectivity index is 1.61. The predicted octanol–water partition coefficient (Wildman–Crippen LogP) is 2.38. The number of hydrogen-bond donors (Lipinski definition) is 1. The van der Waals surface area contributed by atoms with Crippen molar-refractivity contribution >= 4 is 5.95 Å². The van der Waals surface area contributed by atoms with Crippen LogP contribution in [0.5, 0.6) is 0 Å². The number of nitrogens with zero attached hydrogens (tertiary/aromatic N) is 4. The second-order valence-corrected chi connectivity index (χ2v) is 5.06. The minimum absolute atomic E-state index is 0.0435. The maximum Gasteiger partial charge on any atom is 0.433 e. The second kappa shape index (κ2) is 6.49. The molecular formula is C13H14F3N5O2. The van der Waals surface area contributed by atoms with Crippen LogP contribution in [0.2, 0.25) is 0 Å². The lowest BCUT2D eigenvalue weighted by molar-refractivity contribution is -0.141. The molecule has 0 aromatic carbocycles. The number of nitrogens with one attached hydrogen (secondary N) is 1. The van der Waals surface area contributed by atoms with Crippen molar-refractivity contribution in [3.8, 4) is 0 Å². The summed E-state index contributed by atoms with van der Waals surface area (Å²) in [5.74, 6) is 0.647. The van der Waals surface area contributed by atoms with Crippen molar-refractivity contribution in [1.29, 1.82) is 0 Å². The van der Waals surface area contributed by atoms with E-state index < -0.39 is 11.9 Å². The summed E-state index contributed by atoms with van der Waals surface area (Å²) in [6, 6.07) is 0.805. The smallest absolute Gasteiger partial charge is 0.423 e. The third-order valence-electron chi connectivity index (χ3n) is 3.34. The normalized spacial score (nSPS) is 18.8. The standard InChI is InChI=1S/C13H14F3N5O2/c14-13(15,16)9-3-4-17-12(19-9)18-6-10-20-21-11(23-10)8-2-1-5-22-7-8/h3-4,8H,1-2,5-7H2,(H,17,18,19). The number of alkyl halides is 3. The van der Waals surface area contributed by atoms with Gasteiger partial charge in [0.1, 0.15) is 5.69 Å². The van der Waals surface area contributed by atoms with Gasteiger partial charge in [-0.05, 0) is 18.9 Å². The molecule has 1 aliphatic heterocycles. The quantitative estimate of drug-likeness (QED) is 0.921. The predicted molar refractivity (Wildman–Crippen MR) is 71.5 cm³/mol. The first kappa shape index (κ1) is 15.7. The zero-order chi connectivity index (χ0) is 16.3. The largest absolute Gasteiger partial charge is 0.433 e. The fourth-order valence-corrected chi connectivity index (χ4v) is 2.19. The van der Waals surface area contributed by atoms with E-state index in [4.69, 9.17) is 9.15 Å². The fourth-order valence-electron chi connectivity index (χ4n) is 2.19. The molecule has 1 unspecified atom stereocenters. The molecule has 1 aliphatic rings. The van der Waals surface area contributed by atoms with E-state index in [-0.39, 0.29) is 24.3 Å². The average Bonchev–Trinajstić information content (AvgIpc) is 3.02. The van der Waals surface area contributed by atoms with E-state index in [0.29, 0.717) is 12.5 Å². The molecule has 3 rings (SSSR count). The van der Waals surface area contributed by atoms with Crippen molar-refractivity contribution in [3.63, 3.8) is 0 Å². The van der Waals surface area contributed by atoms with Gasteiger partial charge in [-0.1, -0.05) is 0 Å². The average molecular weight is 329 g/mol. The summed E-state index contributed by atoms with van der Waals surface area (Å²) in [6.07, 6.45) is -1.64. The number of aromatic nitrogens is 4. The van der Waals surface area contributed by atoms with Crippen LogP contribution in [-0.2, 0) is 17.5 Å². The molecule has 1 atom stereocenters. The van der Waals surface area contributed by atoms with Crippen molar-refractivity contribution in [1.82, 2.24) is 20.2 Å². The van der Waals surface area contributed by atoms with E-state index in [1.807, 2.05) is 0 Å². The molecule has 3 heterocycles. The molecule has 0 aliphatic carbocycles. The van der Waals surface area contributed by atoms with Crippen LogP contribution >= 0.6 is 0 Å². The number of ether oxygens (including phenoxy) is 1. The maximum atomic E-state index is 12.6. The van der Waals surface area contributed by atoms with Crippen molar-refractivity contribution in [2.75, 3.05) is 18.5 Å². The third-order valence-corrected chi connectivity index (χ3v) is 3.34. The number of halogens is 3. The summed E-state index contributed by atoms with van der Waals surface area (Å²) in [5, 5.41) is 10.5. The summed E-state index contributed by atoms with van der Waals surface area (Å²) in [4.78, 5) is 7.13.